The largest absolute Gasteiger partial charge is 0.493 e. The lowest BCUT2D eigenvalue weighted by Crippen LogP contribution is -2.42. The van der Waals surface area contributed by atoms with Gasteiger partial charge in [-0.1, -0.05) is 18.2 Å². The number of fused-ring (bicyclic) bond motifs is 2. The van der Waals surface area contributed by atoms with Crippen molar-refractivity contribution in [2.45, 2.75) is 19.9 Å². The number of carbonyl (C=O) groups excluding carboxylic acids is 1. The molecule has 2 unspecified atom stereocenters. The zero-order chi connectivity index (χ0) is 18.3. The Bertz CT molecular complexity index is 862. The van der Waals surface area contributed by atoms with Crippen LogP contribution in [0.1, 0.15) is 11.3 Å². The summed E-state index contributed by atoms with van der Waals surface area (Å²) < 4.78 is 7.51. The third-order valence-electron chi connectivity index (χ3n) is 5.61. The fourth-order valence-corrected chi connectivity index (χ4v) is 4.01. The van der Waals surface area contributed by atoms with Crippen LogP contribution in [0.15, 0.2) is 36.5 Å². The van der Waals surface area contributed by atoms with Crippen molar-refractivity contribution in [2.75, 3.05) is 19.7 Å². The summed E-state index contributed by atoms with van der Waals surface area (Å²) in [7, 11) is 0. The number of aromatic nitrogens is 2. The van der Waals surface area contributed by atoms with Gasteiger partial charge in [0.25, 0.3) is 0 Å². The van der Waals surface area contributed by atoms with E-state index in [1.165, 1.54) is 0 Å². The van der Waals surface area contributed by atoms with Crippen LogP contribution in [0, 0.1) is 18.3 Å². The van der Waals surface area contributed by atoms with Crippen LogP contribution in [-0.2, 0) is 22.6 Å². The molecule has 1 saturated heterocycles. The molecule has 2 aliphatic rings. The predicted molar refractivity (Wildman–Crippen MR) is 92.7 cm³/mol. The SMILES string of the molecule is Cc1ccnn1CC(=O)N1CC2COc3ccccc3CC2(C(=O)O)C1. The third-order valence-corrected chi connectivity index (χ3v) is 5.61. The molecule has 4 rings (SSSR count). The second-order valence-electron chi connectivity index (χ2n) is 7.16. The summed E-state index contributed by atoms with van der Waals surface area (Å²) in [6.07, 6.45) is 2.02. The van der Waals surface area contributed by atoms with Crippen molar-refractivity contribution in [3.05, 3.63) is 47.8 Å². The molecule has 1 aromatic heterocycles. The summed E-state index contributed by atoms with van der Waals surface area (Å²) in [5.74, 6) is -0.477. The summed E-state index contributed by atoms with van der Waals surface area (Å²) in [6.45, 7) is 2.90. The van der Waals surface area contributed by atoms with Crippen LogP contribution >= 0.6 is 0 Å². The van der Waals surface area contributed by atoms with Crippen LogP contribution in [0.25, 0.3) is 0 Å². The summed E-state index contributed by atoms with van der Waals surface area (Å²) >= 11 is 0. The maximum Gasteiger partial charge on any atom is 0.312 e. The molecule has 1 fully saturated rings. The van der Waals surface area contributed by atoms with E-state index < -0.39 is 11.4 Å². The topological polar surface area (TPSA) is 84.7 Å². The van der Waals surface area contributed by atoms with Gasteiger partial charge in [0.2, 0.25) is 5.91 Å². The number of amides is 1. The van der Waals surface area contributed by atoms with Gasteiger partial charge in [-0.15, -0.1) is 0 Å². The number of hydrogen-bond donors (Lipinski definition) is 1. The van der Waals surface area contributed by atoms with Crippen molar-refractivity contribution in [1.29, 1.82) is 0 Å². The highest BCUT2D eigenvalue weighted by Gasteiger charge is 2.55. The number of carbonyl (C=O) groups is 2. The highest BCUT2D eigenvalue weighted by molar-refractivity contribution is 5.81. The molecule has 0 aliphatic carbocycles. The Balaban J connectivity index is 1.60. The molecule has 2 aliphatic heterocycles. The molecule has 1 N–H and O–H groups in total. The van der Waals surface area contributed by atoms with Gasteiger partial charge in [-0.25, -0.2) is 0 Å². The molecular formula is C19H21N3O4. The van der Waals surface area contributed by atoms with E-state index in [-0.39, 0.29) is 24.9 Å². The maximum absolute atomic E-state index is 12.7. The van der Waals surface area contributed by atoms with E-state index >= 15 is 0 Å². The van der Waals surface area contributed by atoms with Gasteiger partial charge >= 0.3 is 5.97 Å². The number of hydrogen-bond acceptors (Lipinski definition) is 4. The van der Waals surface area contributed by atoms with Gasteiger partial charge in [0.1, 0.15) is 12.3 Å². The number of nitrogens with zero attached hydrogens (tertiary/aromatic N) is 3. The van der Waals surface area contributed by atoms with Gasteiger partial charge in [-0.2, -0.15) is 5.10 Å². The second kappa shape index (κ2) is 6.16. The number of carboxylic acid groups (broad SMARTS) is 1. The lowest BCUT2D eigenvalue weighted by Gasteiger charge is -2.27. The van der Waals surface area contributed by atoms with Gasteiger partial charge < -0.3 is 14.7 Å². The summed E-state index contributed by atoms with van der Waals surface area (Å²) in [4.78, 5) is 26.6. The zero-order valence-corrected chi connectivity index (χ0v) is 14.6. The second-order valence-corrected chi connectivity index (χ2v) is 7.16. The van der Waals surface area contributed by atoms with Gasteiger partial charge in [0, 0.05) is 30.9 Å². The smallest absolute Gasteiger partial charge is 0.312 e. The summed E-state index contributed by atoms with van der Waals surface area (Å²) in [5.41, 5.74) is 0.771. The maximum atomic E-state index is 12.7. The monoisotopic (exact) mass is 355 g/mol. The Kier molecular flexibility index (Phi) is 3.94. The molecule has 0 radical (unpaired) electrons. The molecule has 0 saturated carbocycles. The number of aliphatic carboxylic acids is 1. The quantitative estimate of drug-likeness (QED) is 0.899. The van der Waals surface area contributed by atoms with Crippen LogP contribution in [0.5, 0.6) is 5.75 Å². The number of para-hydroxylation sites is 1. The van der Waals surface area contributed by atoms with Gasteiger partial charge in [-0.3, -0.25) is 14.3 Å². The molecule has 2 atom stereocenters. The lowest BCUT2D eigenvalue weighted by molar-refractivity contribution is -0.151. The number of likely N-dealkylation sites (tertiary alicyclic amines) is 1. The Morgan fingerprint density at radius 3 is 2.88 bits per heavy atom. The van der Waals surface area contributed by atoms with E-state index in [2.05, 4.69) is 5.10 Å². The average Bonchev–Trinajstić information content (AvgIpc) is 3.15. The van der Waals surface area contributed by atoms with Crippen LogP contribution in [-0.4, -0.2) is 51.4 Å². The van der Waals surface area contributed by atoms with Gasteiger partial charge in [0.15, 0.2) is 0 Å². The van der Waals surface area contributed by atoms with Gasteiger partial charge in [-0.05, 0) is 31.0 Å². The average molecular weight is 355 g/mol. The van der Waals surface area contributed by atoms with E-state index in [1.54, 1.807) is 15.8 Å². The van der Waals surface area contributed by atoms with E-state index in [9.17, 15) is 14.7 Å². The zero-order valence-electron chi connectivity index (χ0n) is 14.6. The summed E-state index contributed by atoms with van der Waals surface area (Å²) in [5, 5.41) is 14.2. The molecule has 3 heterocycles. The number of ether oxygens (including phenoxy) is 1. The number of carboxylic acids is 1. The van der Waals surface area contributed by atoms with E-state index in [1.807, 2.05) is 37.3 Å². The van der Waals surface area contributed by atoms with E-state index in [0.717, 1.165) is 17.0 Å². The number of benzene rings is 1. The highest BCUT2D eigenvalue weighted by atomic mass is 16.5. The standard InChI is InChI=1S/C19H21N3O4/c1-13-6-7-20-22(13)10-17(23)21-9-15-11-26-16-5-3-2-4-14(16)8-19(15,12-21)18(24)25/h2-7,15H,8-12H2,1H3,(H,24,25). The predicted octanol–water partition coefficient (Wildman–Crippen LogP) is 1.36. The van der Waals surface area contributed by atoms with Crippen LogP contribution in [0.4, 0.5) is 0 Å². The van der Waals surface area contributed by atoms with Crippen LogP contribution in [0.3, 0.4) is 0 Å². The molecule has 0 spiro atoms. The molecule has 0 bridgehead atoms. The fraction of sp³-hybridized carbons (Fsp3) is 0.421. The highest BCUT2D eigenvalue weighted by Crippen LogP contribution is 2.44. The molecule has 26 heavy (non-hydrogen) atoms. The molecular weight excluding hydrogens is 334 g/mol. The minimum Gasteiger partial charge on any atom is -0.493 e. The van der Waals surface area contributed by atoms with Crippen molar-refractivity contribution in [1.82, 2.24) is 14.7 Å². The molecule has 1 amide bonds. The molecule has 1 aromatic carbocycles. The lowest BCUT2D eigenvalue weighted by atomic mass is 9.74. The first-order valence-corrected chi connectivity index (χ1v) is 8.70. The minimum absolute atomic E-state index is 0.112. The Labute approximate surface area is 151 Å². The Morgan fingerprint density at radius 1 is 1.35 bits per heavy atom. The normalized spacial score (nSPS) is 24.3. The van der Waals surface area contributed by atoms with Crippen molar-refractivity contribution in [3.8, 4) is 5.75 Å². The van der Waals surface area contributed by atoms with Gasteiger partial charge in [0.05, 0.1) is 12.0 Å². The Morgan fingerprint density at radius 2 is 2.15 bits per heavy atom. The first-order chi connectivity index (χ1) is 12.5. The molecule has 2 aromatic rings. The number of aryl methyl sites for hydroxylation is 1. The van der Waals surface area contributed by atoms with Crippen molar-refractivity contribution < 1.29 is 19.4 Å². The number of rotatable bonds is 3. The van der Waals surface area contributed by atoms with Crippen molar-refractivity contribution in [3.63, 3.8) is 0 Å². The summed E-state index contributed by atoms with van der Waals surface area (Å²) in [6, 6.07) is 9.38. The Hall–Kier alpha value is -2.83. The van der Waals surface area contributed by atoms with E-state index in [4.69, 9.17) is 4.74 Å². The minimum atomic E-state index is -1.01. The van der Waals surface area contributed by atoms with Crippen LogP contribution < -0.4 is 4.74 Å². The first kappa shape index (κ1) is 16.6. The molecule has 7 heteroatoms. The third kappa shape index (κ3) is 2.64. The molecule has 7 nitrogen and oxygen atoms in total. The van der Waals surface area contributed by atoms with Crippen molar-refractivity contribution in [2.24, 2.45) is 11.3 Å². The first-order valence-electron chi connectivity index (χ1n) is 8.70. The van der Waals surface area contributed by atoms with Crippen molar-refractivity contribution >= 4 is 11.9 Å². The fourth-order valence-electron chi connectivity index (χ4n) is 4.01. The van der Waals surface area contributed by atoms with Crippen LogP contribution in [0.2, 0.25) is 0 Å². The molecule has 136 valence electrons. The van der Waals surface area contributed by atoms with E-state index in [0.29, 0.717) is 19.6 Å².